The zero-order chi connectivity index (χ0) is 13.8. The molecule has 0 amide bonds. The third kappa shape index (κ3) is 3.45. The normalized spacial score (nSPS) is 20.8. The third-order valence-electron chi connectivity index (χ3n) is 3.79. The molecule has 1 aliphatic rings. The Morgan fingerprint density at radius 1 is 1.37 bits per heavy atom. The molecule has 1 atom stereocenters. The van der Waals surface area contributed by atoms with Crippen molar-refractivity contribution in [2.45, 2.75) is 39.3 Å². The summed E-state index contributed by atoms with van der Waals surface area (Å²) in [4.78, 5) is 9.61. The molecule has 0 bridgehead atoms. The molecule has 1 unspecified atom stereocenters. The third-order valence-corrected chi connectivity index (χ3v) is 3.79. The number of pyridine rings is 1. The predicted octanol–water partition coefficient (Wildman–Crippen LogP) is 1.63. The molecule has 0 saturated carbocycles. The first-order chi connectivity index (χ1) is 9.13. The summed E-state index contributed by atoms with van der Waals surface area (Å²) in [6.07, 6.45) is 2.15. The van der Waals surface area contributed by atoms with Gasteiger partial charge in [0.25, 0.3) is 0 Å². The average molecular weight is 262 g/mol. The SMILES string of the molecule is CCCc1cc(CN)cc(N2CCN(C)CC2C)n1. The lowest BCUT2D eigenvalue weighted by Crippen LogP contribution is -2.50. The maximum atomic E-state index is 5.82. The summed E-state index contributed by atoms with van der Waals surface area (Å²) in [6, 6.07) is 4.81. The summed E-state index contributed by atoms with van der Waals surface area (Å²) in [5.41, 5.74) is 8.18. The highest BCUT2D eigenvalue weighted by molar-refractivity contribution is 5.44. The van der Waals surface area contributed by atoms with E-state index in [1.807, 2.05) is 0 Å². The molecule has 1 fully saturated rings. The lowest BCUT2D eigenvalue weighted by Gasteiger charge is -2.39. The Kier molecular flexibility index (Phi) is 4.77. The zero-order valence-corrected chi connectivity index (χ0v) is 12.4. The molecule has 0 aromatic carbocycles. The first-order valence-electron chi connectivity index (χ1n) is 7.29. The maximum Gasteiger partial charge on any atom is 0.129 e. The molecule has 4 heteroatoms. The smallest absolute Gasteiger partial charge is 0.129 e. The van der Waals surface area contributed by atoms with E-state index >= 15 is 0 Å². The van der Waals surface area contributed by atoms with Gasteiger partial charge in [-0.1, -0.05) is 13.3 Å². The monoisotopic (exact) mass is 262 g/mol. The summed E-state index contributed by atoms with van der Waals surface area (Å²) < 4.78 is 0. The highest BCUT2D eigenvalue weighted by atomic mass is 15.3. The summed E-state index contributed by atoms with van der Waals surface area (Å²) >= 11 is 0. The van der Waals surface area contributed by atoms with E-state index in [1.54, 1.807) is 0 Å². The van der Waals surface area contributed by atoms with Gasteiger partial charge in [-0.2, -0.15) is 0 Å². The van der Waals surface area contributed by atoms with Gasteiger partial charge in [0.1, 0.15) is 5.82 Å². The lowest BCUT2D eigenvalue weighted by molar-refractivity contribution is 0.274. The van der Waals surface area contributed by atoms with Crippen molar-refractivity contribution in [3.8, 4) is 0 Å². The fourth-order valence-corrected chi connectivity index (χ4v) is 2.76. The number of nitrogens with zero attached hydrogens (tertiary/aromatic N) is 3. The fraction of sp³-hybridized carbons (Fsp3) is 0.667. The van der Waals surface area contributed by atoms with Crippen LogP contribution in [0.5, 0.6) is 0 Å². The van der Waals surface area contributed by atoms with Crippen LogP contribution < -0.4 is 10.6 Å². The van der Waals surface area contributed by atoms with Crippen LogP contribution in [0.2, 0.25) is 0 Å². The Hall–Kier alpha value is -1.13. The molecule has 1 aromatic rings. The van der Waals surface area contributed by atoms with Crippen LogP contribution in [0.1, 0.15) is 31.5 Å². The van der Waals surface area contributed by atoms with Crippen LogP contribution in [0.15, 0.2) is 12.1 Å². The van der Waals surface area contributed by atoms with Crippen LogP contribution >= 0.6 is 0 Å². The second-order valence-electron chi connectivity index (χ2n) is 5.58. The van der Waals surface area contributed by atoms with Gasteiger partial charge in [0.05, 0.1) is 0 Å². The molecule has 0 aliphatic carbocycles. The molecule has 0 spiro atoms. The van der Waals surface area contributed by atoms with Gasteiger partial charge in [0.2, 0.25) is 0 Å². The van der Waals surface area contributed by atoms with Crippen molar-refractivity contribution in [1.82, 2.24) is 9.88 Å². The summed E-state index contributed by atoms with van der Waals surface area (Å²) in [6.45, 7) is 8.29. The lowest BCUT2D eigenvalue weighted by atomic mass is 10.1. The number of hydrogen-bond acceptors (Lipinski definition) is 4. The Morgan fingerprint density at radius 2 is 2.16 bits per heavy atom. The van der Waals surface area contributed by atoms with Gasteiger partial charge in [-0.25, -0.2) is 4.98 Å². The van der Waals surface area contributed by atoms with Gasteiger partial charge in [0.15, 0.2) is 0 Å². The molecular formula is C15H26N4. The van der Waals surface area contributed by atoms with Crippen molar-refractivity contribution in [3.05, 3.63) is 23.4 Å². The van der Waals surface area contributed by atoms with E-state index in [4.69, 9.17) is 10.7 Å². The van der Waals surface area contributed by atoms with Crippen LogP contribution in [-0.4, -0.2) is 42.6 Å². The number of rotatable bonds is 4. The highest BCUT2D eigenvalue weighted by Crippen LogP contribution is 2.20. The van der Waals surface area contributed by atoms with Gasteiger partial charge >= 0.3 is 0 Å². The maximum absolute atomic E-state index is 5.82. The fourth-order valence-electron chi connectivity index (χ4n) is 2.76. The Bertz CT molecular complexity index is 419. The molecule has 106 valence electrons. The molecule has 2 N–H and O–H groups in total. The van der Waals surface area contributed by atoms with Crippen molar-refractivity contribution in [2.24, 2.45) is 5.73 Å². The van der Waals surface area contributed by atoms with Crippen molar-refractivity contribution in [3.63, 3.8) is 0 Å². The number of hydrogen-bond donors (Lipinski definition) is 1. The van der Waals surface area contributed by atoms with Gasteiger partial charge in [-0.3, -0.25) is 0 Å². The van der Waals surface area contributed by atoms with Crippen LogP contribution in [-0.2, 0) is 13.0 Å². The van der Waals surface area contributed by atoms with Crippen LogP contribution in [0.25, 0.3) is 0 Å². The Labute approximate surface area is 116 Å². The number of aromatic nitrogens is 1. The van der Waals surface area contributed by atoms with E-state index in [-0.39, 0.29) is 0 Å². The first-order valence-corrected chi connectivity index (χ1v) is 7.29. The minimum absolute atomic E-state index is 0.508. The topological polar surface area (TPSA) is 45.4 Å². The Morgan fingerprint density at radius 3 is 2.79 bits per heavy atom. The van der Waals surface area contributed by atoms with E-state index in [9.17, 15) is 0 Å². The number of aryl methyl sites for hydroxylation is 1. The van der Waals surface area contributed by atoms with Crippen LogP contribution in [0.4, 0.5) is 5.82 Å². The molecule has 1 saturated heterocycles. The van der Waals surface area contributed by atoms with Crippen molar-refractivity contribution in [1.29, 1.82) is 0 Å². The van der Waals surface area contributed by atoms with E-state index in [0.29, 0.717) is 12.6 Å². The van der Waals surface area contributed by atoms with Gasteiger partial charge in [-0.05, 0) is 38.1 Å². The molecule has 1 aliphatic heterocycles. The minimum Gasteiger partial charge on any atom is -0.351 e. The number of likely N-dealkylation sites (N-methyl/N-ethyl adjacent to an activating group) is 1. The molecular weight excluding hydrogens is 236 g/mol. The van der Waals surface area contributed by atoms with Crippen molar-refractivity contribution < 1.29 is 0 Å². The predicted molar refractivity (Wildman–Crippen MR) is 80.4 cm³/mol. The van der Waals surface area contributed by atoms with Gasteiger partial charge in [-0.15, -0.1) is 0 Å². The number of nitrogens with two attached hydrogens (primary N) is 1. The van der Waals surface area contributed by atoms with Crippen molar-refractivity contribution >= 4 is 5.82 Å². The first kappa shape index (κ1) is 14.3. The molecule has 2 heterocycles. The molecule has 4 nitrogen and oxygen atoms in total. The molecule has 1 aromatic heterocycles. The van der Waals surface area contributed by atoms with E-state index < -0.39 is 0 Å². The second kappa shape index (κ2) is 6.35. The minimum atomic E-state index is 0.508. The summed E-state index contributed by atoms with van der Waals surface area (Å²) in [5, 5.41) is 0. The van der Waals surface area contributed by atoms with Gasteiger partial charge in [0, 0.05) is 37.9 Å². The quantitative estimate of drug-likeness (QED) is 0.896. The van der Waals surface area contributed by atoms with Crippen LogP contribution in [0, 0.1) is 0 Å². The number of anilines is 1. The largest absolute Gasteiger partial charge is 0.351 e. The zero-order valence-electron chi connectivity index (χ0n) is 12.4. The van der Waals surface area contributed by atoms with E-state index in [1.165, 1.54) is 11.3 Å². The highest BCUT2D eigenvalue weighted by Gasteiger charge is 2.23. The van der Waals surface area contributed by atoms with Crippen LogP contribution in [0.3, 0.4) is 0 Å². The molecule has 2 rings (SSSR count). The summed E-state index contributed by atoms with van der Waals surface area (Å²) in [5.74, 6) is 1.10. The number of piperazine rings is 1. The molecule has 19 heavy (non-hydrogen) atoms. The summed E-state index contributed by atoms with van der Waals surface area (Å²) in [7, 11) is 2.18. The van der Waals surface area contributed by atoms with E-state index in [2.05, 4.69) is 42.8 Å². The second-order valence-corrected chi connectivity index (χ2v) is 5.58. The van der Waals surface area contributed by atoms with E-state index in [0.717, 1.165) is 38.3 Å². The Balaban J connectivity index is 2.25. The van der Waals surface area contributed by atoms with Crippen molar-refractivity contribution in [2.75, 3.05) is 31.6 Å². The molecule has 0 radical (unpaired) electrons. The average Bonchev–Trinajstić information content (AvgIpc) is 2.38. The van der Waals surface area contributed by atoms with Gasteiger partial charge < -0.3 is 15.5 Å². The standard InChI is InChI=1S/C15H26N4/c1-4-5-14-8-13(10-16)9-15(17-14)19-7-6-18(3)11-12(19)2/h8-9,12H,4-7,10-11,16H2,1-3H3.